The number of halogens is 1. The minimum absolute atomic E-state index is 0.0333. The molecule has 0 aliphatic carbocycles. The summed E-state index contributed by atoms with van der Waals surface area (Å²) in [5.74, 6) is 0.391. The van der Waals surface area contributed by atoms with E-state index in [0.29, 0.717) is 17.1 Å². The first-order valence-electron chi connectivity index (χ1n) is 7.62. The number of hydrogen-bond donors (Lipinski definition) is 0. The van der Waals surface area contributed by atoms with Gasteiger partial charge in [-0.05, 0) is 30.3 Å². The van der Waals surface area contributed by atoms with E-state index < -0.39 is 10.9 Å². The minimum atomic E-state index is -0.677. The van der Waals surface area contributed by atoms with Crippen molar-refractivity contribution in [3.63, 3.8) is 0 Å². The van der Waals surface area contributed by atoms with Crippen molar-refractivity contribution in [3.05, 3.63) is 68.4 Å². The van der Waals surface area contributed by atoms with Gasteiger partial charge < -0.3 is 14.2 Å². The molecule has 0 saturated heterocycles. The van der Waals surface area contributed by atoms with Crippen LogP contribution in [-0.2, 0) is 9.53 Å². The van der Waals surface area contributed by atoms with Crippen LogP contribution < -0.4 is 9.47 Å². The Balaban J connectivity index is 2.00. The van der Waals surface area contributed by atoms with Crippen molar-refractivity contribution in [2.75, 3.05) is 14.2 Å². The Kier molecular flexibility index (Phi) is 5.09. The number of nitro benzene ring substituents is 1. The molecule has 0 radical (unpaired) electrons. The highest BCUT2D eigenvalue weighted by atomic mass is 35.5. The molecule has 0 unspecified atom stereocenters. The lowest BCUT2D eigenvalue weighted by atomic mass is 10.1. The second-order valence-corrected chi connectivity index (χ2v) is 5.77. The Morgan fingerprint density at radius 1 is 1.19 bits per heavy atom. The molecule has 27 heavy (non-hydrogen) atoms. The third-order valence-electron chi connectivity index (χ3n) is 3.74. The van der Waals surface area contributed by atoms with Gasteiger partial charge >= 0.3 is 5.97 Å². The van der Waals surface area contributed by atoms with Crippen LogP contribution in [0.2, 0.25) is 5.02 Å². The van der Waals surface area contributed by atoms with Crippen molar-refractivity contribution in [2.24, 2.45) is 4.99 Å². The van der Waals surface area contributed by atoms with Crippen molar-refractivity contribution in [1.82, 2.24) is 0 Å². The summed E-state index contributed by atoms with van der Waals surface area (Å²) in [6.07, 6.45) is 1.50. The normalized spacial score (nSPS) is 14.7. The van der Waals surface area contributed by atoms with E-state index in [1.54, 1.807) is 18.2 Å². The van der Waals surface area contributed by atoms with Gasteiger partial charge in [0.2, 0.25) is 5.90 Å². The molecule has 9 heteroatoms. The lowest BCUT2D eigenvalue weighted by Gasteiger charge is -2.07. The summed E-state index contributed by atoms with van der Waals surface area (Å²) < 4.78 is 15.6. The Hall–Kier alpha value is -3.39. The van der Waals surface area contributed by atoms with Gasteiger partial charge in [-0.3, -0.25) is 10.1 Å². The molecule has 0 fully saturated rings. The highest BCUT2D eigenvalue weighted by Crippen LogP contribution is 2.30. The van der Waals surface area contributed by atoms with E-state index in [0.717, 1.165) is 0 Å². The van der Waals surface area contributed by atoms with Crippen molar-refractivity contribution in [3.8, 4) is 11.5 Å². The summed E-state index contributed by atoms with van der Waals surface area (Å²) >= 11 is 6.06. The number of benzene rings is 2. The van der Waals surface area contributed by atoms with Gasteiger partial charge in [-0.2, -0.15) is 0 Å². The topological polar surface area (TPSA) is 100 Å². The van der Waals surface area contributed by atoms with Crippen molar-refractivity contribution >= 4 is 35.2 Å². The lowest BCUT2D eigenvalue weighted by molar-refractivity contribution is -0.384. The van der Waals surface area contributed by atoms with Gasteiger partial charge in [0.15, 0.2) is 5.70 Å². The largest absolute Gasteiger partial charge is 0.497 e. The molecular formula is C18H13ClN2O6. The third-order valence-corrected chi connectivity index (χ3v) is 4.06. The quantitative estimate of drug-likeness (QED) is 0.335. The number of nitrogens with zero attached hydrogens (tertiary/aromatic N) is 2. The number of hydrogen-bond acceptors (Lipinski definition) is 7. The van der Waals surface area contributed by atoms with Gasteiger partial charge in [-0.15, -0.1) is 0 Å². The number of non-ortho nitro benzene ring substituents is 1. The van der Waals surface area contributed by atoms with Crippen molar-refractivity contribution in [2.45, 2.75) is 0 Å². The molecule has 0 spiro atoms. The van der Waals surface area contributed by atoms with Crippen LogP contribution in [0.4, 0.5) is 5.69 Å². The molecule has 0 N–H and O–H groups in total. The van der Waals surface area contributed by atoms with Crippen molar-refractivity contribution in [1.29, 1.82) is 0 Å². The van der Waals surface area contributed by atoms with Crippen LogP contribution in [-0.4, -0.2) is 31.0 Å². The maximum Gasteiger partial charge on any atom is 0.363 e. The molecule has 1 aliphatic rings. The maximum absolute atomic E-state index is 12.2. The zero-order valence-corrected chi connectivity index (χ0v) is 15.0. The number of aliphatic imine (C=N–C) groups is 1. The Morgan fingerprint density at radius 3 is 2.59 bits per heavy atom. The van der Waals surface area contributed by atoms with E-state index in [9.17, 15) is 14.9 Å². The zero-order valence-electron chi connectivity index (χ0n) is 14.3. The molecule has 0 atom stereocenters. The number of rotatable bonds is 5. The van der Waals surface area contributed by atoms with E-state index >= 15 is 0 Å². The third kappa shape index (κ3) is 3.75. The maximum atomic E-state index is 12.2. The molecule has 0 amide bonds. The summed E-state index contributed by atoms with van der Waals surface area (Å²) in [6, 6.07) is 8.90. The summed E-state index contributed by atoms with van der Waals surface area (Å²) in [4.78, 5) is 26.6. The Morgan fingerprint density at radius 2 is 1.96 bits per heavy atom. The number of cyclic esters (lactones) is 1. The molecule has 8 nitrogen and oxygen atoms in total. The van der Waals surface area contributed by atoms with Gasteiger partial charge in [-0.25, -0.2) is 9.79 Å². The molecule has 0 aromatic heterocycles. The van der Waals surface area contributed by atoms with Gasteiger partial charge in [0.1, 0.15) is 11.5 Å². The van der Waals surface area contributed by atoms with Gasteiger partial charge in [0.25, 0.3) is 5.69 Å². The standard InChI is InChI=1S/C18H13ClN2O6/c1-25-12-4-6-16(26-2)10(7-12)8-15-18(22)27-17(20-15)13-5-3-11(21(23)24)9-14(13)19/h3-9H,1-2H3/b15-8+. The smallest absolute Gasteiger partial charge is 0.363 e. The first-order valence-corrected chi connectivity index (χ1v) is 7.99. The van der Waals surface area contributed by atoms with E-state index in [1.807, 2.05) is 0 Å². The second-order valence-electron chi connectivity index (χ2n) is 5.37. The van der Waals surface area contributed by atoms with E-state index in [4.69, 9.17) is 25.8 Å². The van der Waals surface area contributed by atoms with Crippen LogP contribution in [0.25, 0.3) is 6.08 Å². The number of methoxy groups -OCH3 is 2. The van der Waals surface area contributed by atoms with Crippen LogP contribution in [0.5, 0.6) is 11.5 Å². The van der Waals surface area contributed by atoms with Crippen LogP contribution >= 0.6 is 11.6 Å². The molecular weight excluding hydrogens is 376 g/mol. The SMILES string of the molecule is COc1ccc(OC)c(/C=C2/N=C(c3ccc([N+](=O)[O-])cc3Cl)OC2=O)c1. The molecule has 1 aliphatic heterocycles. The number of carbonyl (C=O) groups is 1. The van der Waals surface area contributed by atoms with Crippen LogP contribution in [0, 0.1) is 10.1 Å². The van der Waals surface area contributed by atoms with Crippen LogP contribution in [0.3, 0.4) is 0 Å². The molecule has 3 rings (SSSR count). The predicted molar refractivity (Wildman–Crippen MR) is 98.3 cm³/mol. The van der Waals surface area contributed by atoms with E-state index in [1.165, 1.54) is 38.5 Å². The van der Waals surface area contributed by atoms with E-state index in [2.05, 4.69) is 4.99 Å². The summed E-state index contributed by atoms with van der Waals surface area (Å²) in [5, 5.41) is 10.9. The predicted octanol–water partition coefficient (Wildman–Crippen LogP) is 3.61. The monoisotopic (exact) mass is 388 g/mol. The average Bonchev–Trinajstić information content (AvgIpc) is 3.01. The van der Waals surface area contributed by atoms with Crippen LogP contribution in [0.1, 0.15) is 11.1 Å². The van der Waals surface area contributed by atoms with Crippen molar-refractivity contribution < 1.29 is 23.9 Å². The minimum Gasteiger partial charge on any atom is -0.497 e. The molecule has 1 heterocycles. The number of nitro groups is 1. The number of carbonyl (C=O) groups excluding carboxylic acids is 1. The fraction of sp³-hybridized carbons (Fsp3) is 0.111. The summed E-state index contributed by atoms with van der Waals surface area (Å²) in [6.45, 7) is 0. The number of esters is 1. The highest BCUT2D eigenvalue weighted by Gasteiger charge is 2.27. The zero-order chi connectivity index (χ0) is 19.6. The Bertz CT molecular complexity index is 999. The average molecular weight is 389 g/mol. The Labute approximate surface area is 158 Å². The number of ether oxygens (including phenoxy) is 3. The van der Waals surface area contributed by atoms with Gasteiger partial charge in [0.05, 0.1) is 29.7 Å². The first kappa shape index (κ1) is 18.4. The van der Waals surface area contributed by atoms with Gasteiger partial charge in [0, 0.05) is 17.7 Å². The van der Waals surface area contributed by atoms with E-state index in [-0.39, 0.29) is 27.9 Å². The summed E-state index contributed by atoms with van der Waals surface area (Å²) in [7, 11) is 3.03. The molecule has 0 saturated carbocycles. The molecule has 138 valence electrons. The molecule has 2 aromatic carbocycles. The fourth-order valence-corrected chi connectivity index (χ4v) is 2.67. The highest BCUT2D eigenvalue weighted by molar-refractivity contribution is 6.34. The van der Waals surface area contributed by atoms with Gasteiger partial charge in [-0.1, -0.05) is 11.6 Å². The van der Waals surface area contributed by atoms with Crippen LogP contribution in [0.15, 0.2) is 47.1 Å². The lowest BCUT2D eigenvalue weighted by Crippen LogP contribution is -2.06. The second kappa shape index (κ2) is 7.46. The summed E-state index contributed by atoms with van der Waals surface area (Å²) in [5.41, 5.74) is 0.705. The fourth-order valence-electron chi connectivity index (χ4n) is 2.41. The first-order chi connectivity index (χ1) is 12.9. The molecule has 0 bridgehead atoms. The molecule has 2 aromatic rings.